The van der Waals surface area contributed by atoms with Gasteiger partial charge in [-0.15, -0.1) is 0 Å². The molecule has 0 unspecified atom stereocenters. The number of benzene rings is 1. The van der Waals surface area contributed by atoms with Gasteiger partial charge in [-0.05, 0) is 30.2 Å². The summed E-state index contributed by atoms with van der Waals surface area (Å²) in [5.41, 5.74) is 1.27. The largest absolute Gasteiger partial charge is 0.466 e. The summed E-state index contributed by atoms with van der Waals surface area (Å²) in [7, 11) is 0. The lowest BCUT2D eigenvalue weighted by atomic mass is 10.1. The van der Waals surface area contributed by atoms with Gasteiger partial charge in [0.1, 0.15) is 5.82 Å². The van der Waals surface area contributed by atoms with Gasteiger partial charge in [-0.1, -0.05) is 27.5 Å². The minimum Gasteiger partial charge on any atom is -0.466 e. The lowest BCUT2D eigenvalue weighted by Gasteiger charge is -2.09. The second kappa shape index (κ2) is 6.21. The topological polar surface area (TPSA) is 26.3 Å². The van der Waals surface area contributed by atoms with Crippen molar-refractivity contribution in [3.8, 4) is 0 Å². The Hall–Kier alpha value is -0.610. The molecule has 0 fully saturated rings. The number of alkyl halides is 1. The average Bonchev–Trinajstić information content (AvgIpc) is 2.22. The van der Waals surface area contributed by atoms with E-state index >= 15 is 0 Å². The maximum Gasteiger partial charge on any atom is 0.310 e. The average molecular weight is 310 g/mol. The Morgan fingerprint density at radius 2 is 2.25 bits per heavy atom. The fourth-order valence-corrected chi connectivity index (χ4v) is 2.12. The molecule has 0 spiro atoms. The van der Waals surface area contributed by atoms with Gasteiger partial charge < -0.3 is 4.74 Å². The van der Waals surface area contributed by atoms with Crippen LogP contribution in [-0.4, -0.2) is 12.6 Å². The van der Waals surface area contributed by atoms with Crippen molar-refractivity contribution in [2.75, 3.05) is 6.61 Å². The Kier molecular flexibility index (Phi) is 5.22. The molecule has 0 N–H and O–H groups in total. The van der Waals surface area contributed by atoms with Crippen molar-refractivity contribution in [2.45, 2.75) is 18.7 Å². The van der Waals surface area contributed by atoms with Crippen molar-refractivity contribution in [3.05, 3.63) is 34.1 Å². The summed E-state index contributed by atoms with van der Waals surface area (Å²) in [6.07, 6.45) is 0.0634. The van der Waals surface area contributed by atoms with E-state index in [1.54, 1.807) is 6.92 Å². The maximum atomic E-state index is 13.1. The number of halogens is 3. The highest BCUT2D eigenvalue weighted by Crippen LogP contribution is 2.24. The first-order chi connectivity index (χ1) is 7.58. The first-order valence-corrected chi connectivity index (χ1v) is 6.26. The van der Waals surface area contributed by atoms with Gasteiger partial charge in [0, 0.05) is 10.4 Å². The lowest BCUT2D eigenvalue weighted by Crippen LogP contribution is -2.09. The van der Waals surface area contributed by atoms with Crippen LogP contribution in [0.25, 0.3) is 0 Å². The highest BCUT2D eigenvalue weighted by Gasteiger charge is 2.13. The van der Waals surface area contributed by atoms with E-state index in [4.69, 9.17) is 16.3 Å². The quantitative estimate of drug-likeness (QED) is 0.629. The molecule has 0 saturated heterocycles. The Bertz CT molecular complexity index is 396. The minimum absolute atomic E-state index is 0.0634. The molecule has 0 heterocycles. The maximum absolute atomic E-state index is 13.1. The third-order valence-electron chi connectivity index (χ3n) is 2.02. The van der Waals surface area contributed by atoms with Gasteiger partial charge in [0.05, 0.1) is 13.0 Å². The lowest BCUT2D eigenvalue weighted by molar-refractivity contribution is -0.142. The molecule has 0 bridgehead atoms. The van der Waals surface area contributed by atoms with E-state index in [0.717, 1.165) is 0 Å². The van der Waals surface area contributed by atoms with E-state index in [-0.39, 0.29) is 17.4 Å². The van der Waals surface area contributed by atoms with Gasteiger partial charge >= 0.3 is 5.97 Å². The van der Waals surface area contributed by atoms with Crippen LogP contribution < -0.4 is 0 Å². The monoisotopic (exact) mass is 308 g/mol. The molecule has 0 saturated carbocycles. The molecule has 16 heavy (non-hydrogen) atoms. The van der Waals surface area contributed by atoms with Crippen LogP contribution in [0.4, 0.5) is 4.39 Å². The molecular weight excluding hydrogens is 298 g/mol. The van der Waals surface area contributed by atoms with E-state index in [0.29, 0.717) is 23.1 Å². The van der Waals surface area contributed by atoms with Crippen LogP contribution in [0.1, 0.15) is 18.1 Å². The molecule has 1 aromatic rings. The number of hydrogen-bond donors (Lipinski definition) is 0. The molecule has 0 atom stereocenters. The first-order valence-electron chi connectivity index (χ1n) is 4.76. The van der Waals surface area contributed by atoms with Crippen molar-refractivity contribution in [1.82, 2.24) is 0 Å². The smallest absolute Gasteiger partial charge is 0.310 e. The van der Waals surface area contributed by atoms with Gasteiger partial charge in [-0.25, -0.2) is 4.39 Å². The normalized spacial score (nSPS) is 10.2. The summed E-state index contributed by atoms with van der Waals surface area (Å²) in [5, 5.41) is 0.696. The summed E-state index contributed by atoms with van der Waals surface area (Å²) < 4.78 is 17.9. The van der Waals surface area contributed by atoms with Crippen molar-refractivity contribution in [2.24, 2.45) is 0 Å². The van der Waals surface area contributed by atoms with E-state index in [9.17, 15) is 9.18 Å². The van der Waals surface area contributed by atoms with Crippen molar-refractivity contribution in [3.63, 3.8) is 0 Å². The molecule has 0 aliphatic heterocycles. The molecular formula is C11H11BrClFO2. The molecule has 1 aromatic carbocycles. The van der Waals surface area contributed by atoms with Crippen molar-refractivity contribution < 1.29 is 13.9 Å². The summed E-state index contributed by atoms with van der Waals surface area (Å²) >= 11 is 9.12. The number of esters is 1. The molecule has 0 radical (unpaired) electrons. The fourth-order valence-electron chi connectivity index (χ4n) is 1.33. The van der Waals surface area contributed by atoms with Crippen LogP contribution in [0.15, 0.2) is 12.1 Å². The Morgan fingerprint density at radius 3 is 2.81 bits per heavy atom. The highest BCUT2D eigenvalue weighted by molar-refractivity contribution is 9.08. The predicted molar refractivity (Wildman–Crippen MR) is 64.4 cm³/mol. The standard InChI is InChI=1S/C11H11BrClFO2/c1-2-16-11(15)5-9-7(6-12)3-8(14)4-10(9)13/h3-4H,2,5-6H2,1H3. The van der Waals surface area contributed by atoms with Crippen LogP contribution in [0, 0.1) is 5.82 Å². The molecule has 0 aromatic heterocycles. The summed E-state index contributed by atoms with van der Waals surface area (Å²) in [6, 6.07) is 2.55. The zero-order chi connectivity index (χ0) is 12.1. The number of rotatable bonds is 4. The van der Waals surface area contributed by atoms with Gasteiger partial charge in [0.15, 0.2) is 0 Å². The summed E-state index contributed by atoms with van der Waals surface area (Å²) in [6.45, 7) is 2.05. The molecule has 5 heteroatoms. The Morgan fingerprint density at radius 1 is 1.56 bits per heavy atom. The number of carbonyl (C=O) groups is 1. The van der Waals surface area contributed by atoms with Gasteiger partial charge in [-0.3, -0.25) is 4.79 Å². The van der Waals surface area contributed by atoms with Crippen molar-refractivity contribution >= 4 is 33.5 Å². The molecule has 2 nitrogen and oxygen atoms in total. The zero-order valence-corrected chi connectivity index (χ0v) is 11.1. The van der Waals surface area contributed by atoms with E-state index in [1.807, 2.05) is 0 Å². The summed E-state index contributed by atoms with van der Waals surface area (Å²) in [5.74, 6) is -0.773. The molecule has 0 aliphatic rings. The van der Waals surface area contributed by atoms with Crippen LogP contribution in [-0.2, 0) is 21.3 Å². The number of ether oxygens (including phenoxy) is 1. The molecule has 0 aliphatic carbocycles. The third-order valence-corrected chi connectivity index (χ3v) is 2.96. The molecule has 1 rings (SSSR count). The molecule has 88 valence electrons. The SMILES string of the molecule is CCOC(=O)Cc1c(Cl)cc(F)cc1CBr. The fraction of sp³-hybridized carbons (Fsp3) is 0.364. The van der Waals surface area contributed by atoms with Crippen molar-refractivity contribution in [1.29, 1.82) is 0 Å². The van der Waals surface area contributed by atoms with Crippen LogP contribution >= 0.6 is 27.5 Å². The second-order valence-electron chi connectivity index (χ2n) is 3.14. The van der Waals surface area contributed by atoms with Gasteiger partial charge in [0.25, 0.3) is 0 Å². The first kappa shape index (κ1) is 13.5. The summed E-state index contributed by atoms with van der Waals surface area (Å²) in [4.78, 5) is 11.3. The number of hydrogen-bond acceptors (Lipinski definition) is 2. The second-order valence-corrected chi connectivity index (χ2v) is 4.11. The van der Waals surface area contributed by atoms with Crippen LogP contribution in [0.2, 0.25) is 5.02 Å². The van der Waals surface area contributed by atoms with E-state index < -0.39 is 5.82 Å². The van der Waals surface area contributed by atoms with Gasteiger partial charge in [-0.2, -0.15) is 0 Å². The minimum atomic E-state index is -0.410. The molecule has 0 amide bonds. The van der Waals surface area contributed by atoms with Crippen LogP contribution in [0.5, 0.6) is 0 Å². The van der Waals surface area contributed by atoms with E-state index in [1.165, 1.54) is 12.1 Å². The zero-order valence-electron chi connectivity index (χ0n) is 8.73. The highest BCUT2D eigenvalue weighted by atomic mass is 79.9. The predicted octanol–water partition coefficient (Wildman–Crippen LogP) is 3.48. The third kappa shape index (κ3) is 3.46. The number of carbonyl (C=O) groups excluding carboxylic acids is 1. The van der Waals surface area contributed by atoms with E-state index in [2.05, 4.69) is 15.9 Å². The van der Waals surface area contributed by atoms with Gasteiger partial charge in [0.2, 0.25) is 0 Å². The van der Waals surface area contributed by atoms with Crippen LogP contribution in [0.3, 0.4) is 0 Å². The Labute approximate surface area is 107 Å². The Balaban J connectivity index is 2.98.